The average molecular weight is 270 g/mol. The van der Waals surface area contributed by atoms with E-state index < -0.39 is 0 Å². The third-order valence-electron chi connectivity index (χ3n) is 3.07. The second-order valence-corrected chi connectivity index (χ2v) is 4.69. The van der Waals surface area contributed by atoms with Gasteiger partial charge in [-0.2, -0.15) is 0 Å². The number of ketones is 1. The Labute approximate surface area is 118 Å². The van der Waals surface area contributed by atoms with Gasteiger partial charge in [0.2, 0.25) is 0 Å². The molecule has 0 atom stereocenters. The number of nitrogen functional groups attached to an aromatic ring is 1. The van der Waals surface area contributed by atoms with Gasteiger partial charge in [0.15, 0.2) is 5.78 Å². The molecule has 0 unspecified atom stereocenters. The zero-order valence-corrected chi connectivity index (χ0v) is 11.9. The Balaban J connectivity index is 2.37. The fraction of sp³-hybridized carbons (Fsp3) is 0.188. The predicted molar refractivity (Wildman–Crippen MR) is 81.9 cm³/mol. The van der Waals surface area contributed by atoms with Crippen molar-refractivity contribution in [2.75, 3.05) is 18.2 Å². The first-order chi connectivity index (χ1) is 9.51. The molecule has 0 heterocycles. The van der Waals surface area contributed by atoms with Crippen LogP contribution in [-0.4, -0.2) is 12.9 Å². The van der Waals surface area contributed by atoms with Crippen LogP contribution in [0.25, 0.3) is 0 Å². The number of aryl methyl sites for hydroxylation is 1. The molecule has 0 spiro atoms. The molecule has 0 fully saturated rings. The lowest BCUT2D eigenvalue weighted by Gasteiger charge is -2.13. The molecule has 2 rings (SSSR count). The number of Topliss-reactive ketones (excluding diaryl/α,β-unsaturated/α-hetero) is 1. The number of rotatable bonds is 4. The van der Waals surface area contributed by atoms with Gasteiger partial charge < -0.3 is 15.8 Å². The van der Waals surface area contributed by atoms with Gasteiger partial charge in [0.05, 0.1) is 12.8 Å². The predicted octanol–water partition coefficient (Wildman–Crippen LogP) is 3.53. The molecule has 0 bridgehead atoms. The normalized spacial score (nSPS) is 10.2. The summed E-state index contributed by atoms with van der Waals surface area (Å²) in [7, 11) is 1.62. The Bertz CT molecular complexity index is 651. The SMILES string of the molecule is COc1ccc(C)cc1Nc1ccc(N)c(C(C)=O)c1. The maximum absolute atomic E-state index is 11.5. The number of anilines is 3. The van der Waals surface area contributed by atoms with Gasteiger partial charge in [-0.15, -0.1) is 0 Å². The highest BCUT2D eigenvalue weighted by molar-refractivity contribution is 6.00. The van der Waals surface area contributed by atoms with E-state index in [0.29, 0.717) is 11.3 Å². The maximum Gasteiger partial charge on any atom is 0.161 e. The second-order valence-electron chi connectivity index (χ2n) is 4.69. The number of ether oxygens (including phenoxy) is 1. The molecular weight excluding hydrogens is 252 g/mol. The molecular formula is C16H18N2O2. The number of hydrogen-bond donors (Lipinski definition) is 2. The van der Waals surface area contributed by atoms with Gasteiger partial charge in [-0.1, -0.05) is 6.07 Å². The number of carbonyl (C=O) groups is 1. The van der Waals surface area contributed by atoms with E-state index in [-0.39, 0.29) is 5.78 Å². The standard InChI is InChI=1S/C16H18N2O2/c1-10-4-7-16(20-3)15(8-10)18-12-5-6-14(17)13(9-12)11(2)19/h4-9,18H,17H2,1-3H3. The molecule has 4 heteroatoms. The molecule has 0 aromatic heterocycles. The van der Waals surface area contributed by atoms with Crippen molar-refractivity contribution < 1.29 is 9.53 Å². The lowest BCUT2D eigenvalue weighted by molar-refractivity contribution is 0.101. The first-order valence-corrected chi connectivity index (χ1v) is 6.33. The Kier molecular flexibility index (Phi) is 3.94. The zero-order valence-electron chi connectivity index (χ0n) is 11.9. The van der Waals surface area contributed by atoms with Gasteiger partial charge in [0.1, 0.15) is 5.75 Å². The van der Waals surface area contributed by atoms with E-state index in [1.165, 1.54) is 6.92 Å². The molecule has 0 aliphatic carbocycles. The first kappa shape index (κ1) is 13.9. The van der Waals surface area contributed by atoms with Crippen molar-refractivity contribution in [1.29, 1.82) is 0 Å². The van der Waals surface area contributed by atoms with Crippen LogP contribution in [0.1, 0.15) is 22.8 Å². The van der Waals surface area contributed by atoms with Crippen LogP contribution in [0, 0.1) is 6.92 Å². The van der Waals surface area contributed by atoms with Crippen molar-refractivity contribution in [2.24, 2.45) is 0 Å². The minimum atomic E-state index is -0.0534. The first-order valence-electron chi connectivity index (χ1n) is 6.33. The van der Waals surface area contributed by atoms with Crippen molar-refractivity contribution in [2.45, 2.75) is 13.8 Å². The van der Waals surface area contributed by atoms with E-state index in [9.17, 15) is 4.79 Å². The lowest BCUT2D eigenvalue weighted by atomic mass is 10.1. The van der Waals surface area contributed by atoms with Crippen molar-refractivity contribution in [3.8, 4) is 5.75 Å². The maximum atomic E-state index is 11.5. The van der Waals surface area contributed by atoms with Crippen LogP contribution in [0.3, 0.4) is 0 Å². The fourth-order valence-corrected chi connectivity index (χ4v) is 2.01. The third-order valence-corrected chi connectivity index (χ3v) is 3.07. The highest BCUT2D eigenvalue weighted by Gasteiger charge is 2.08. The molecule has 0 aliphatic rings. The largest absolute Gasteiger partial charge is 0.495 e. The van der Waals surface area contributed by atoms with Crippen LogP contribution in [-0.2, 0) is 0 Å². The number of carbonyl (C=O) groups excluding carboxylic acids is 1. The third kappa shape index (κ3) is 2.91. The average Bonchev–Trinajstić information content (AvgIpc) is 2.41. The number of hydrogen-bond acceptors (Lipinski definition) is 4. The molecule has 0 saturated carbocycles. The molecule has 2 aromatic rings. The number of nitrogens with one attached hydrogen (secondary N) is 1. The van der Waals surface area contributed by atoms with Gasteiger partial charge in [-0.05, 0) is 49.7 Å². The van der Waals surface area contributed by atoms with E-state index in [4.69, 9.17) is 10.5 Å². The number of benzene rings is 2. The Morgan fingerprint density at radius 3 is 2.60 bits per heavy atom. The van der Waals surface area contributed by atoms with Crippen LogP contribution in [0.2, 0.25) is 0 Å². The molecule has 0 aliphatic heterocycles. The second kappa shape index (κ2) is 5.65. The minimum absolute atomic E-state index is 0.0534. The van der Waals surface area contributed by atoms with E-state index in [1.807, 2.05) is 31.2 Å². The highest BCUT2D eigenvalue weighted by atomic mass is 16.5. The molecule has 3 N–H and O–H groups in total. The quantitative estimate of drug-likeness (QED) is 0.659. The summed E-state index contributed by atoms with van der Waals surface area (Å²) < 4.78 is 5.32. The van der Waals surface area contributed by atoms with Crippen LogP contribution >= 0.6 is 0 Å². The number of nitrogens with two attached hydrogens (primary N) is 1. The smallest absolute Gasteiger partial charge is 0.161 e. The summed E-state index contributed by atoms with van der Waals surface area (Å²) in [6, 6.07) is 11.2. The summed E-state index contributed by atoms with van der Waals surface area (Å²) in [6.07, 6.45) is 0. The summed E-state index contributed by atoms with van der Waals surface area (Å²) in [5.74, 6) is 0.694. The van der Waals surface area contributed by atoms with E-state index in [1.54, 1.807) is 19.2 Å². The van der Waals surface area contributed by atoms with E-state index >= 15 is 0 Å². The van der Waals surface area contributed by atoms with E-state index in [2.05, 4.69) is 5.32 Å². The summed E-state index contributed by atoms with van der Waals surface area (Å²) >= 11 is 0. The Morgan fingerprint density at radius 1 is 1.20 bits per heavy atom. The van der Waals surface area contributed by atoms with Crippen molar-refractivity contribution in [3.63, 3.8) is 0 Å². The van der Waals surface area contributed by atoms with Gasteiger partial charge >= 0.3 is 0 Å². The molecule has 4 nitrogen and oxygen atoms in total. The van der Waals surface area contributed by atoms with Crippen LogP contribution in [0.4, 0.5) is 17.1 Å². The summed E-state index contributed by atoms with van der Waals surface area (Å²) in [6.45, 7) is 3.51. The van der Waals surface area contributed by atoms with Gasteiger partial charge in [0.25, 0.3) is 0 Å². The summed E-state index contributed by atoms with van der Waals surface area (Å²) in [5.41, 5.74) is 9.57. The van der Waals surface area contributed by atoms with Crippen LogP contribution in [0.15, 0.2) is 36.4 Å². The fourth-order valence-electron chi connectivity index (χ4n) is 2.01. The van der Waals surface area contributed by atoms with Crippen molar-refractivity contribution >= 4 is 22.8 Å². The van der Waals surface area contributed by atoms with Crippen LogP contribution in [0.5, 0.6) is 5.75 Å². The zero-order chi connectivity index (χ0) is 14.7. The van der Waals surface area contributed by atoms with Gasteiger partial charge in [0, 0.05) is 16.9 Å². The molecule has 0 saturated heterocycles. The lowest BCUT2D eigenvalue weighted by Crippen LogP contribution is -2.01. The Hall–Kier alpha value is -2.49. The Morgan fingerprint density at radius 2 is 1.95 bits per heavy atom. The van der Waals surface area contributed by atoms with Gasteiger partial charge in [-0.3, -0.25) is 4.79 Å². The van der Waals surface area contributed by atoms with Crippen molar-refractivity contribution in [3.05, 3.63) is 47.5 Å². The molecule has 0 amide bonds. The molecule has 104 valence electrons. The molecule has 0 radical (unpaired) electrons. The van der Waals surface area contributed by atoms with Crippen LogP contribution < -0.4 is 15.8 Å². The topological polar surface area (TPSA) is 64.3 Å². The summed E-state index contributed by atoms with van der Waals surface area (Å²) in [4.78, 5) is 11.5. The molecule has 20 heavy (non-hydrogen) atoms. The number of methoxy groups -OCH3 is 1. The summed E-state index contributed by atoms with van der Waals surface area (Å²) in [5, 5.41) is 3.25. The van der Waals surface area contributed by atoms with Crippen molar-refractivity contribution in [1.82, 2.24) is 0 Å². The van der Waals surface area contributed by atoms with E-state index in [0.717, 1.165) is 22.7 Å². The van der Waals surface area contributed by atoms with Gasteiger partial charge in [-0.25, -0.2) is 0 Å². The monoisotopic (exact) mass is 270 g/mol. The minimum Gasteiger partial charge on any atom is -0.495 e. The molecule has 2 aromatic carbocycles. The highest BCUT2D eigenvalue weighted by Crippen LogP contribution is 2.29.